The van der Waals surface area contributed by atoms with Crippen LogP contribution in [0.1, 0.15) is 12.5 Å². The number of phosphoric ester groups is 1. The molecule has 186 valence electrons. The van der Waals surface area contributed by atoms with Gasteiger partial charge in [-0.05, 0) is 48.9 Å². The summed E-state index contributed by atoms with van der Waals surface area (Å²) >= 11 is 8.27. The zero-order valence-electron chi connectivity index (χ0n) is 19.3. The average molecular weight is 535 g/mol. The topological polar surface area (TPSA) is 91.3 Å². The van der Waals surface area contributed by atoms with E-state index in [2.05, 4.69) is 10.2 Å². The van der Waals surface area contributed by atoms with Gasteiger partial charge in [-0.3, -0.25) is 4.52 Å². The molecule has 1 atom stereocenters. The number of nitrogens with zero attached hydrogens (tertiary/aromatic N) is 1. The van der Waals surface area contributed by atoms with Crippen molar-refractivity contribution in [3.8, 4) is 5.75 Å². The summed E-state index contributed by atoms with van der Waals surface area (Å²) in [6.45, 7) is 4.14. The van der Waals surface area contributed by atoms with E-state index in [-0.39, 0.29) is 6.61 Å². The molecular weight excluding hydrogens is 507 g/mol. The Bertz CT molecular complexity index is 1200. The van der Waals surface area contributed by atoms with E-state index < -0.39 is 13.4 Å². The van der Waals surface area contributed by atoms with E-state index in [0.717, 1.165) is 33.3 Å². The van der Waals surface area contributed by atoms with Gasteiger partial charge in [0.1, 0.15) is 12.4 Å². The van der Waals surface area contributed by atoms with Gasteiger partial charge in [-0.2, -0.15) is 0 Å². The highest BCUT2D eigenvalue weighted by Crippen LogP contribution is 2.39. The molecule has 0 bridgehead atoms. The van der Waals surface area contributed by atoms with Gasteiger partial charge in [-0.1, -0.05) is 59.8 Å². The summed E-state index contributed by atoms with van der Waals surface area (Å²) in [5.74, 6) is 0.805. The number of nitrogens with one attached hydrogen (secondary N) is 1. The van der Waals surface area contributed by atoms with Gasteiger partial charge in [0.05, 0.1) is 22.9 Å². The van der Waals surface area contributed by atoms with Crippen molar-refractivity contribution in [2.45, 2.75) is 28.9 Å². The highest BCUT2D eigenvalue weighted by molar-refractivity contribution is 7.99. The lowest BCUT2D eigenvalue weighted by atomic mass is 10.00. The van der Waals surface area contributed by atoms with Gasteiger partial charge >= 0.3 is 7.82 Å². The van der Waals surface area contributed by atoms with Gasteiger partial charge in [0.2, 0.25) is 0 Å². The van der Waals surface area contributed by atoms with Crippen molar-refractivity contribution in [2.75, 3.05) is 31.1 Å². The largest absolute Gasteiger partial charge is 0.489 e. The molecule has 0 unspecified atom stereocenters. The number of hydrogen-bond acceptors (Lipinski definition) is 6. The van der Waals surface area contributed by atoms with Crippen molar-refractivity contribution < 1.29 is 23.6 Å². The molecule has 0 amide bonds. The summed E-state index contributed by atoms with van der Waals surface area (Å²) < 4.78 is 21.8. The van der Waals surface area contributed by atoms with Gasteiger partial charge in [-0.15, -0.1) is 0 Å². The first-order valence-corrected chi connectivity index (χ1v) is 13.9. The van der Waals surface area contributed by atoms with Crippen molar-refractivity contribution in [1.29, 1.82) is 0 Å². The van der Waals surface area contributed by atoms with E-state index in [0.29, 0.717) is 24.7 Å². The van der Waals surface area contributed by atoms with Crippen LogP contribution in [0.3, 0.4) is 0 Å². The van der Waals surface area contributed by atoms with E-state index in [1.165, 1.54) is 0 Å². The van der Waals surface area contributed by atoms with Crippen LogP contribution in [0, 0.1) is 0 Å². The molecule has 10 heteroatoms. The maximum absolute atomic E-state index is 11.1. The highest BCUT2D eigenvalue weighted by Gasteiger charge is 2.34. The zero-order chi connectivity index (χ0) is 24.9. The van der Waals surface area contributed by atoms with Crippen LogP contribution in [-0.4, -0.2) is 41.6 Å². The van der Waals surface area contributed by atoms with Crippen LogP contribution in [0.5, 0.6) is 5.75 Å². The summed E-state index contributed by atoms with van der Waals surface area (Å²) in [6.07, 6.45) is 0. The lowest BCUT2D eigenvalue weighted by molar-refractivity contribution is 0.136. The molecule has 3 N–H and O–H groups in total. The third kappa shape index (κ3) is 7.72. The minimum absolute atomic E-state index is 0.109. The molecule has 3 aromatic rings. The Morgan fingerprint density at radius 3 is 2.60 bits per heavy atom. The Hall–Kier alpha value is -2.03. The first-order valence-electron chi connectivity index (χ1n) is 11.1. The second kappa shape index (κ2) is 11.4. The molecule has 0 saturated carbocycles. The number of hydrogen-bond donors (Lipinski definition) is 3. The second-order valence-corrected chi connectivity index (χ2v) is 11.4. The third-order valence-electron chi connectivity index (χ3n) is 5.57. The maximum Gasteiger partial charge on any atom is 0.469 e. The normalized spacial score (nSPS) is 18.5. The third-order valence-corrected chi connectivity index (χ3v) is 7.32. The molecule has 1 heterocycles. The number of benzene rings is 3. The van der Waals surface area contributed by atoms with Crippen molar-refractivity contribution >= 4 is 36.9 Å². The minimum Gasteiger partial charge on any atom is -0.489 e. The Morgan fingerprint density at radius 2 is 1.86 bits per heavy atom. The van der Waals surface area contributed by atoms with Crippen LogP contribution >= 0.6 is 31.2 Å². The van der Waals surface area contributed by atoms with Crippen LogP contribution in [0.2, 0.25) is 5.02 Å². The standard InChI is InChI=1S/C25H28ClN2O5PS/c1-25(18-33-34(29,30)31)17-28(13-12-27-25)24-11-10-22(15-23(24)26)35-21-9-5-8-20(14-21)32-16-19-6-3-2-4-7-19/h2-11,14-15,27H,12-13,16-18H2,1H3,(H2,29,30,31)/t25-/m1/s1. The van der Waals surface area contributed by atoms with Crippen LogP contribution in [0.25, 0.3) is 0 Å². The fourth-order valence-corrected chi connectivity index (χ4v) is 5.61. The first-order chi connectivity index (χ1) is 16.7. The van der Waals surface area contributed by atoms with Crippen LogP contribution in [-0.2, 0) is 15.7 Å². The number of anilines is 1. The maximum atomic E-state index is 11.1. The minimum atomic E-state index is -4.54. The molecule has 4 rings (SSSR count). The van der Waals surface area contributed by atoms with Crippen LogP contribution in [0.4, 0.5) is 5.69 Å². The zero-order valence-corrected chi connectivity index (χ0v) is 21.7. The lowest BCUT2D eigenvalue weighted by Crippen LogP contribution is -2.61. The van der Waals surface area contributed by atoms with Crippen LogP contribution < -0.4 is 15.0 Å². The predicted octanol–water partition coefficient (Wildman–Crippen LogP) is 5.35. The monoisotopic (exact) mass is 534 g/mol. The molecule has 35 heavy (non-hydrogen) atoms. The number of ether oxygens (including phenoxy) is 1. The SMILES string of the molecule is C[C@]1(COP(=O)(O)O)CN(c2ccc(Sc3cccc(OCc4ccccc4)c3)cc2Cl)CCN1. The van der Waals surface area contributed by atoms with Gasteiger partial charge in [-0.25, -0.2) is 4.57 Å². The van der Waals surface area contributed by atoms with Crippen LogP contribution in [0.15, 0.2) is 82.6 Å². The Balaban J connectivity index is 1.40. The molecular formula is C25H28ClN2O5PS. The average Bonchev–Trinajstić information content (AvgIpc) is 2.82. The fraction of sp³-hybridized carbons (Fsp3) is 0.280. The van der Waals surface area contributed by atoms with E-state index in [1.807, 2.05) is 79.7 Å². The summed E-state index contributed by atoms with van der Waals surface area (Å²) in [5.41, 5.74) is 1.38. The molecule has 0 spiro atoms. The van der Waals surface area contributed by atoms with Crippen molar-refractivity contribution in [3.05, 3.63) is 83.4 Å². The number of phosphoric acid groups is 1. The van der Waals surface area contributed by atoms with Gasteiger partial charge in [0.25, 0.3) is 0 Å². The van der Waals surface area contributed by atoms with Gasteiger partial charge in [0.15, 0.2) is 0 Å². The second-order valence-electron chi connectivity index (χ2n) is 8.64. The number of halogens is 1. The smallest absolute Gasteiger partial charge is 0.469 e. The fourth-order valence-electron chi connectivity index (χ4n) is 3.89. The molecule has 1 aliphatic heterocycles. The molecule has 7 nitrogen and oxygen atoms in total. The van der Waals surface area contributed by atoms with Gasteiger partial charge < -0.3 is 24.7 Å². The summed E-state index contributed by atoms with van der Waals surface area (Å²) in [4.78, 5) is 22.3. The van der Waals surface area contributed by atoms with Crippen molar-refractivity contribution in [2.24, 2.45) is 0 Å². The molecule has 1 saturated heterocycles. The Kier molecular flexibility index (Phi) is 8.45. The summed E-state index contributed by atoms with van der Waals surface area (Å²) in [5, 5.41) is 3.91. The summed E-state index contributed by atoms with van der Waals surface area (Å²) in [7, 11) is -4.54. The number of rotatable bonds is 9. The lowest BCUT2D eigenvalue weighted by Gasteiger charge is -2.42. The molecule has 3 aromatic carbocycles. The molecule has 0 aromatic heterocycles. The molecule has 1 aliphatic rings. The summed E-state index contributed by atoms with van der Waals surface area (Å²) in [6, 6.07) is 23.9. The predicted molar refractivity (Wildman–Crippen MR) is 139 cm³/mol. The molecule has 1 fully saturated rings. The van der Waals surface area contributed by atoms with E-state index in [4.69, 9.17) is 30.6 Å². The molecule has 0 radical (unpaired) electrons. The molecule has 0 aliphatic carbocycles. The quantitative estimate of drug-likeness (QED) is 0.317. The number of piperazine rings is 1. The van der Waals surface area contributed by atoms with Gasteiger partial charge in [0, 0.05) is 29.4 Å². The Morgan fingerprint density at radius 1 is 1.09 bits per heavy atom. The van der Waals surface area contributed by atoms with Crippen molar-refractivity contribution in [3.63, 3.8) is 0 Å². The van der Waals surface area contributed by atoms with E-state index >= 15 is 0 Å². The van der Waals surface area contributed by atoms with E-state index in [9.17, 15) is 4.57 Å². The first kappa shape index (κ1) is 26.0. The highest BCUT2D eigenvalue weighted by atomic mass is 35.5. The Labute approximate surface area is 214 Å². The van der Waals surface area contributed by atoms with E-state index in [1.54, 1.807) is 11.8 Å². The van der Waals surface area contributed by atoms with Crippen molar-refractivity contribution in [1.82, 2.24) is 5.32 Å².